The quantitative estimate of drug-likeness (QED) is 0.795. The Bertz CT molecular complexity index is 847. The van der Waals surface area contributed by atoms with Gasteiger partial charge in [0.15, 0.2) is 0 Å². The zero-order chi connectivity index (χ0) is 17.2. The number of amides is 1. The van der Waals surface area contributed by atoms with Gasteiger partial charge in [0.05, 0.1) is 0 Å². The highest BCUT2D eigenvalue weighted by Gasteiger charge is 2.30. The van der Waals surface area contributed by atoms with Crippen molar-refractivity contribution in [2.45, 2.75) is 25.7 Å². The Morgan fingerprint density at radius 2 is 2.00 bits per heavy atom. The number of imidazole rings is 1. The van der Waals surface area contributed by atoms with Crippen LogP contribution in [0, 0.1) is 6.92 Å². The molecule has 1 saturated heterocycles. The Kier molecular flexibility index (Phi) is 4.09. The summed E-state index contributed by atoms with van der Waals surface area (Å²) in [6.45, 7) is 3.22. The van der Waals surface area contributed by atoms with Crippen LogP contribution in [0.2, 0.25) is 0 Å². The van der Waals surface area contributed by atoms with Gasteiger partial charge in [0.25, 0.3) is 5.91 Å². The molecule has 6 nitrogen and oxygen atoms in total. The van der Waals surface area contributed by atoms with Gasteiger partial charge < -0.3 is 14.4 Å². The van der Waals surface area contributed by atoms with Crippen molar-refractivity contribution < 1.29 is 9.32 Å². The highest BCUT2D eigenvalue weighted by atomic mass is 16.5. The summed E-state index contributed by atoms with van der Waals surface area (Å²) in [4.78, 5) is 22.5. The van der Waals surface area contributed by atoms with E-state index in [4.69, 9.17) is 4.52 Å². The second-order valence-corrected chi connectivity index (χ2v) is 6.37. The van der Waals surface area contributed by atoms with Crippen molar-refractivity contribution >= 4 is 5.91 Å². The topological polar surface area (TPSA) is 75.0 Å². The fourth-order valence-corrected chi connectivity index (χ4v) is 3.43. The number of aryl methyl sites for hydroxylation is 1. The lowest BCUT2D eigenvalue weighted by Crippen LogP contribution is -2.38. The lowest BCUT2D eigenvalue weighted by molar-refractivity contribution is 0.0710. The van der Waals surface area contributed by atoms with E-state index in [2.05, 4.69) is 15.1 Å². The number of hydrogen-bond acceptors (Lipinski definition) is 4. The zero-order valence-electron chi connectivity index (χ0n) is 14.1. The van der Waals surface area contributed by atoms with E-state index in [9.17, 15) is 4.79 Å². The minimum atomic E-state index is -0.00417. The molecule has 0 unspecified atom stereocenters. The van der Waals surface area contributed by atoms with E-state index in [0.29, 0.717) is 36.0 Å². The van der Waals surface area contributed by atoms with Gasteiger partial charge >= 0.3 is 0 Å². The fraction of sp³-hybridized carbons (Fsp3) is 0.316. The molecule has 1 amide bonds. The summed E-state index contributed by atoms with van der Waals surface area (Å²) in [6, 6.07) is 9.69. The first-order chi connectivity index (χ1) is 12.2. The van der Waals surface area contributed by atoms with Gasteiger partial charge in [-0.15, -0.1) is 0 Å². The van der Waals surface area contributed by atoms with Crippen molar-refractivity contribution in [3.05, 3.63) is 59.9 Å². The average Bonchev–Trinajstić information content (AvgIpc) is 3.32. The minimum Gasteiger partial charge on any atom is -0.360 e. The summed E-state index contributed by atoms with van der Waals surface area (Å²) in [6.07, 6.45) is 5.44. The SMILES string of the molecule is Cc1onc(-c2ccccc2)c1C(=O)N1CCC(c2ncc[nH]2)CC1. The molecule has 3 aromatic rings. The summed E-state index contributed by atoms with van der Waals surface area (Å²) >= 11 is 0. The Balaban J connectivity index is 1.54. The number of benzene rings is 1. The van der Waals surface area contributed by atoms with Crippen molar-refractivity contribution in [1.82, 2.24) is 20.0 Å². The molecule has 0 aliphatic carbocycles. The number of nitrogens with zero attached hydrogens (tertiary/aromatic N) is 3. The number of hydrogen-bond donors (Lipinski definition) is 1. The van der Waals surface area contributed by atoms with E-state index >= 15 is 0 Å². The first-order valence-electron chi connectivity index (χ1n) is 8.54. The molecule has 0 radical (unpaired) electrons. The Morgan fingerprint density at radius 3 is 2.68 bits per heavy atom. The summed E-state index contributed by atoms with van der Waals surface area (Å²) in [7, 11) is 0. The first-order valence-corrected chi connectivity index (χ1v) is 8.54. The summed E-state index contributed by atoms with van der Waals surface area (Å²) in [5.74, 6) is 1.96. The average molecular weight is 336 g/mol. The van der Waals surface area contributed by atoms with E-state index in [1.165, 1.54) is 0 Å². The smallest absolute Gasteiger partial charge is 0.259 e. The van der Waals surface area contributed by atoms with Crippen LogP contribution < -0.4 is 0 Å². The molecule has 2 aromatic heterocycles. The number of aromatic amines is 1. The fourth-order valence-electron chi connectivity index (χ4n) is 3.43. The second-order valence-electron chi connectivity index (χ2n) is 6.37. The van der Waals surface area contributed by atoms with Crippen LogP contribution in [0.25, 0.3) is 11.3 Å². The largest absolute Gasteiger partial charge is 0.360 e. The molecule has 0 saturated carbocycles. The standard InChI is InChI=1S/C19H20N4O2/c1-13-16(17(22-25-13)14-5-3-2-4-6-14)19(24)23-11-7-15(8-12-23)18-20-9-10-21-18/h2-6,9-10,15H,7-8,11-12H2,1H3,(H,20,21). The molecule has 1 N–H and O–H groups in total. The van der Waals surface area contributed by atoms with Crippen molar-refractivity contribution in [1.29, 1.82) is 0 Å². The molecule has 1 aliphatic rings. The van der Waals surface area contributed by atoms with E-state index in [0.717, 1.165) is 24.2 Å². The number of piperidine rings is 1. The minimum absolute atomic E-state index is 0.00417. The Hall–Kier alpha value is -2.89. The molecular weight excluding hydrogens is 316 g/mol. The van der Waals surface area contributed by atoms with Gasteiger partial charge in [-0.05, 0) is 19.8 Å². The number of rotatable bonds is 3. The van der Waals surface area contributed by atoms with Crippen molar-refractivity contribution in [2.75, 3.05) is 13.1 Å². The predicted molar refractivity (Wildman–Crippen MR) is 93.1 cm³/mol. The molecule has 0 bridgehead atoms. The van der Waals surface area contributed by atoms with Gasteiger partial charge in [-0.2, -0.15) is 0 Å². The van der Waals surface area contributed by atoms with Crippen LogP contribution in [0.4, 0.5) is 0 Å². The molecule has 1 aromatic carbocycles. The Morgan fingerprint density at radius 1 is 1.24 bits per heavy atom. The zero-order valence-corrected chi connectivity index (χ0v) is 14.1. The third kappa shape index (κ3) is 2.95. The monoisotopic (exact) mass is 336 g/mol. The van der Waals surface area contributed by atoms with E-state index in [1.807, 2.05) is 41.4 Å². The van der Waals surface area contributed by atoms with Crippen LogP contribution in [0.5, 0.6) is 0 Å². The summed E-state index contributed by atoms with van der Waals surface area (Å²) in [5.41, 5.74) is 2.09. The van der Waals surface area contributed by atoms with Crippen molar-refractivity contribution in [3.63, 3.8) is 0 Å². The number of nitrogens with one attached hydrogen (secondary N) is 1. The predicted octanol–water partition coefficient (Wildman–Crippen LogP) is 3.39. The lowest BCUT2D eigenvalue weighted by Gasteiger charge is -2.31. The Labute approximate surface area is 145 Å². The molecule has 3 heterocycles. The molecule has 1 fully saturated rings. The molecule has 25 heavy (non-hydrogen) atoms. The highest BCUT2D eigenvalue weighted by Crippen LogP contribution is 2.30. The molecule has 1 aliphatic heterocycles. The number of likely N-dealkylation sites (tertiary alicyclic amines) is 1. The van der Waals surface area contributed by atoms with Gasteiger partial charge in [-0.25, -0.2) is 4.98 Å². The van der Waals surface area contributed by atoms with Crippen LogP contribution in [-0.2, 0) is 0 Å². The lowest BCUT2D eigenvalue weighted by atomic mass is 9.95. The van der Waals surface area contributed by atoms with Crippen LogP contribution in [0.15, 0.2) is 47.2 Å². The molecule has 4 rings (SSSR count). The molecule has 0 atom stereocenters. The van der Waals surface area contributed by atoms with Crippen LogP contribution in [-0.4, -0.2) is 39.0 Å². The molecule has 6 heteroatoms. The maximum absolute atomic E-state index is 13.1. The maximum atomic E-state index is 13.1. The first kappa shape index (κ1) is 15.6. The van der Waals surface area contributed by atoms with Gasteiger partial charge in [0.2, 0.25) is 0 Å². The number of carbonyl (C=O) groups excluding carboxylic acids is 1. The maximum Gasteiger partial charge on any atom is 0.259 e. The van der Waals surface area contributed by atoms with Gasteiger partial charge in [0.1, 0.15) is 22.8 Å². The summed E-state index contributed by atoms with van der Waals surface area (Å²) in [5, 5.41) is 4.12. The van der Waals surface area contributed by atoms with Gasteiger partial charge in [-0.1, -0.05) is 35.5 Å². The van der Waals surface area contributed by atoms with Crippen molar-refractivity contribution in [3.8, 4) is 11.3 Å². The van der Waals surface area contributed by atoms with E-state index in [-0.39, 0.29) is 5.91 Å². The highest BCUT2D eigenvalue weighted by molar-refractivity contribution is 6.00. The van der Waals surface area contributed by atoms with Crippen molar-refractivity contribution in [2.24, 2.45) is 0 Å². The van der Waals surface area contributed by atoms with Gasteiger partial charge in [0, 0.05) is 37.0 Å². The number of aromatic nitrogens is 3. The third-order valence-electron chi connectivity index (χ3n) is 4.81. The molecular formula is C19H20N4O2. The number of carbonyl (C=O) groups is 1. The van der Waals surface area contributed by atoms with Gasteiger partial charge in [-0.3, -0.25) is 4.79 Å². The van der Waals surface area contributed by atoms with Crippen LogP contribution >= 0.6 is 0 Å². The second kappa shape index (κ2) is 6.55. The molecule has 128 valence electrons. The summed E-state index contributed by atoms with van der Waals surface area (Å²) < 4.78 is 5.33. The normalized spacial score (nSPS) is 15.5. The van der Waals surface area contributed by atoms with Crippen LogP contribution in [0.3, 0.4) is 0 Å². The van der Waals surface area contributed by atoms with Crippen LogP contribution in [0.1, 0.15) is 40.7 Å². The van der Waals surface area contributed by atoms with E-state index in [1.54, 1.807) is 13.1 Å². The molecule has 0 spiro atoms. The van der Waals surface area contributed by atoms with E-state index < -0.39 is 0 Å². The third-order valence-corrected chi connectivity index (χ3v) is 4.81. The number of H-pyrrole nitrogens is 1.